The van der Waals surface area contributed by atoms with E-state index in [2.05, 4.69) is 32.2 Å². The summed E-state index contributed by atoms with van der Waals surface area (Å²) in [5.41, 5.74) is 0. The second-order valence-corrected chi connectivity index (χ2v) is 13.1. The van der Waals surface area contributed by atoms with Crippen LogP contribution in [-0.2, 0) is 26.6 Å². The predicted octanol–water partition coefficient (Wildman–Crippen LogP) is 3.39. The first-order chi connectivity index (χ1) is 11.8. The van der Waals surface area contributed by atoms with Crippen LogP contribution in [0.2, 0.25) is 0 Å². The first kappa shape index (κ1) is 28.1. The average molecular weight is 435 g/mol. The minimum Gasteiger partial charge on any atom is -0.376 e. The van der Waals surface area contributed by atoms with Gasteiger partial charge in [0.2, 0.25) is 0 Å². The van der Waals surface area contributed by atoms with Crippen molar-refractivity contribution in [3.05, 3.63) is 0 Å². The highest BCUT2D eigenvalue weighted by atomic mass is 32.1. The maximum Gasteiger partial charge on any atom is 0.514 e. The van der Waals surface area contributed by atoms with Crippen LogP contribution < -0.4 is 0 Å². The Morgan fingerprint density at radius 2 is 0.880 bits per heavy atom. The topological polar surface area (TPSA) is 55.4 Å². The quantitative estimate of drug-likeness (QED) is 0.342. The lowest BCUT2D eigenvalue weighted by molar-refractivity contribution is 0.0694. The van der Waals surface area contributed by atoms with E-state index in [-0.39, 0.29) is 9.75 Å². The number of hydrogen-bond donors (Lipinski definition) is 2. The van der Waals surface area contributed by atoms with E-state index in [0.717, 1.165) is 12.8 Å². The predicted molar refractivity (Wildman–Crippen MR) is 114 cm³/mol. The lowest BCUT2D eigenvalue weighted by atomic mass is 10.6. The molecule has 0 aromatic rings. The van der Waals surface area contributed by atoms with Crippen LogP contribution in [0.25, 0.3) is 0 Å². The maximum absolute atomic E-state index is 5.68. The Hall–Kier alpha value is 0.894. The SMILES string of the molecule is CCC(S)[Si](OC)(OC)OC.CCO[Si](OCC)(OCC)C(S)CC. The third-order valence-corrected chi connectivity index (χ3v) is 12.3. The van der Waals surface area contributed by atoms with Gasteiger partial charge in [0.25, 0.3) is 0 Å². The number of thiol groups is 2. The summed E-state index contributed by atoms with van der Waals surface area (Å²) in [5.74, 6) is 0. The Bertz CT molecular complexity index is 286. The molecule has 2 unspecified atom stereocenters. The summed E-state index contributed by atoms with van der Waals surface area (Å²) in [6, 6.07) is 0. The largest absolute Gasteiger partial charge is 0.514 e. The van der Waals surface area contributed by atoms with Crippen molar-refractivity contribution in [2.24, 2.45) is 0 Å². The highest BCUT2D eigenvalue weighted by molar-refractivity contribution is 7.83. The van der Waals surface area contributed by atoms with Crippen molar-refractivity contribution in [3.63, 3.8) is 0 Å². The van der Waals surface area contributed by atoms with Gasteiger partial charge in [0.1, 0.15) is 0 Å². The second-order valence-electron chi connectivity index (χ2n) is 4.97. The van der Waals surface area contributed by atoms with E-state index in [1.807, 2.05) is 27.7 Å². The molecule has 0 aliphatic carbocycles. The van der Waals surface area contributed by atoms with Gasteiger partial charge in [-0.15, -0.1) is 0 Å². The van der Waals surface area contributed by atoms with E-state index in [0.29, 0.717) is 19.8 Å². The highest BCUT2D eigenvalue weighted by Gasteiger charge is 2.46. The summed E-state index contributed by atoms with van der Waals surface area (Å²) < 4.78 is 32.7. The van der Waals surface area contributed by atoms with Gasteiger partial charge in [-0.2, -0.15) is 25.3 Å². The van der Waals surface area contributed by atoms with Gasteiger partial charge in [-0.05, 0) is 33.6 Å². The molecular formula is C15H38O6S2Si2. The molecule has 0 aromatic heterocycles. The summed E-state index contributed by atoms with van der Waals surface area (Å²) in [4.78, 5) is 0.129. The van der Waals surface area contributed by atoms with Crippen molar-refractivity contribution in [1.82, 2.24) is 0 Å². The third-order valence-electron chi connectivity index (χ3n) is 3.48. The van der Waals surface area contributed by atoms with E-state index < -0.39 is 17.6 Å². The number of hydrogen-bond acceptors (Lipinski definition) is 8. The summed E-state index contributed by atoms with van der Waals surface area (Å²) in [6.07, 6.45) is 1.78. The smallest absolute Gasteiger partial charge is 0.376 e. The fourth-order valence-corrected chi connectivity index (χ4v) is 8.15. The van der Waals surface area contributed by atoms with Crippen LogP contribution in [0.5, 0.6) is 0 Å². The van der Waals surface area contributed by atoms with Gasteiger partial charge in [0, 0.05) is 41.2 Å². The van der Waals surface area contributed by atoms with Crippen molar-refractivity contribution in [3.8, 4) is 0 Å². The Labute approximate surface area is 167 Å². The molecule has 25 heavy (non-hydrogen) atoms. The summed E-state index contributed by atoms with van der Waals surface area (Å²) in [7, 11) is -0.205. The Balaban J connectivity index is 0. The average Bonchev–Trinajstić information content (AvgIpc) is 2.63. The van der Waals surface area contributed by atoms with Crippen LogP contribution in [0.4, 0.5) is 0 Å². The van der Waals surface area contributed by atoms with Gasteiger partial charge < -0.3 is 26.6 Å². The van der Waals surface area contributed by atoms with Gasteiger partial charge in [-0.3, -0.25) is 0 Å². The molecule has 0 radical (unpaired) electrons. The second kappa shape index (κ2) is 15.9. The van der Waals surface area contributed by atoms with E-state index >= 15 is 0 Å². The van der Waals surface area contributed by atoms with E-state index in [1.165, 1.54) is 0 Å². The molecule has 10 heteroatoms. The highest BCUT2D eigenvalue weighted by Crippen LogP contribution is 2.22. The van der Waals surface area contributed by atoms with Crippen LogP contribution in [-0.4, -0.2) is 68.5 Å². The standard InChI is InChI=1S/C9H22O3SSi.C6H16O3SSi/c1-5-9(13)14(10-6-2,11-7-3)12-8-4;1-5-6(10)11(7-2,8-3)9-4/h9,13H,5-8H2,1-4H3;6,10H,5H2,1-4H3. The van der Waals surface area contributed by atoms with Gasteiger partial charge in [0.05, 0.1) is 9.75 Å². The molecular weight excluding hydrogens is 396 g/mol. The molecule has 0 aliphatic heterocycles. The fraction of sp³-hybridized carbons (Fsp3) is 1.00. The molecule has 2 atom stereocenters. The van der Waals surface area contributed by atoms with Gasteiger partial charge in [0.15, 0.2) is 0 Å². The Morgan fingerprint density at radius 1 is 0.600 bits per heavy atom. The summed E-state index contributed by atoms with van der Waals surface area (Å²) in [6.45, 7) is 11.8. The Morgan fingerprint density at radius 3 is 1.04 bits per heavy atom. The summed E-state index contributed by atoms with van der Waals surface area (Å²) in [5, 5.41) is 0. The molecule has 0 fully saturated rings. The van der Waals surface area contributed by atoms with Crippen LogP contribution >= 0.6 is 25.3 Å². The zero-order valence-corrected chi connectivity index (χ0v) is 20.8. The molecule has 0 N–H and O–H groups in total. The maximum atomic E-state index is 5.68. The van der Waals surface area contributed by atoms with Gasteiger partial charge in [-0.1, -0.05) is 13.8 Å². The summed E-state index contributed by atoms with van der Waals surface area (Å²) >= 11 is 8.84. The zero-order chi connectivity index (χ0) is 19.9. The van der Waals surface area contributed by atoms with Crippen LogP contribution in [0, 0.1) is 0 Å². The first-order valence-corrected chi connectivity index (χ1v) is 13.4. The molecule has 0 bridgehead atoms. The lowest BCUT2D eigenvalue weighted by Crippen LogP contribution is -2.54. The van der Waals surface area contributed by atoms with Gasteiger partial charge >= 0.3 is 17.6 Å². The molecule has 0 saturated heterocycles. The molecule has 0 aliphatic rings. The van der Waals surface area contributed by atoms with Crippen molar-refractivity contribution in [2.45, 2.75) is 57.2 Å². The normalized spacial score (nSPS) is 14.6. The third kappa shape index (κ3) is 9.09. The van der Waals surface area contributed by atoms with Crippen LogP contribution in [0.3, 0.4) is 0 Å². The monoisotopic (exact) mass is 434 g/mol. The first-order valence-electron chi connectivity index (χ1n) is 8.76. The van der Waals surface area contributed by atoms with Crippen LogP contribution in [0.1, 0.15) is 47.5 Å². The minimum absolute atomic E-state index is 0.0579. The lowest BCUT2D eigenvalue weighted by Gasteiger charge is -2.32. The van der Waals surface area contributed by atoms with E-state index in [1.54, 1.807) is 21.3 Å². The van der Waals surface area contributed by atoms with Crippen molar-refractivity contribution >= 4 is 42.9 Å². The van der Waals surface area contributed by atoms with Crippen molar-refractivity contribution in [2.75, 3.05) is 41.2 Å². The van der Waals surface area contributed by atoms with Crippen molar-refractivity contribution in [1.29, 1.82) is 0 Å². The van der Waals surface area contributed by atoms with Crippen LogP contribution in [0.15, 0.2) is 0 Å². The Kier molecular flexibility index (Phi) is 17.9. The molecule has 0 rings (SSSR count). The molecule has 0 saturated carbocycles. The molecule has 154 valence electrons. The minimum atomic E-state index is -2.53. The fourth-order valence-electron chi connectivity index (χ4n) is 2.18. The zero-order valence-electron chi connectivity index (χ0n) is 17.0. The van der Waals surface area contributed by atoms with Crippen molar-refractivity contribution < 1.29 is 26.6 Å². The molecule has 0 amide bonds. The van der Waals surface area contributed by atoms with E-state index in [4.69, 9.17) is 26.6 Å². The molecule has 6 nitrogen and oxygen atoms in total. The number of rotatable bonds is 13. The van der Waals surface area contributed by atoms with Gasteiger partial charge in [-0.25, -0.2) is 0 Å². The molecule has 0 heterocycles. The molecule has 0 aromatic carbocycles. The van der Waals surface area contributed by atoms with E-state index in [9.17, 15) is 0 Å². The molecule has 0 spiro atoms.